The Labute approximate surface area is 177 Å². The van der Waals surface area contributed by atoms with Crippen LogP contribution in [-0.2, 0) is 0 Å². The van der Waals surface area contributed by atoms with Crippen molar-refractivity contribution in [2.24, 2.45) is 5.41 Å². The average Bonchev–Trinajstić information content (AvgIpc) is 3.00. The molecule has 3 aromatic rings. The van der Waals surface area contributed by atoms with Gasteiger partial charge in [0, 0.05) is 53.5 Å². The molecule has 0 amide bonds. The van der Waals surface area contributed by atoms with Crippen molar-refractivity contribution in [3.05, 3.63) is 36.3 Å². The number of nitrogens with zero attached hydrogens (tertiary/aromatic N) is 5. The number of rotatable bonds is 5. The topological polar surface area (TPSA) is 79.4 Å². The summed E-state index contributed by atoms with van der Waals surface area (Å²) in [6.07, 6.45) is 4.15. The van der Waals surface area contributed by atoms with Crippen molar-refractivity contribution in [2.45, 2.75) is 33.2 Å². The molecule has 0 aliphatic rings. The van der Waals surface area contributed by atoms with Gasteiger partial charge in [0.2, 0.25) is 0 Å². The fourth-order valence-corrected chi connectivity index (χ4v) is 3.97. The number of hydrogen-bond donors (Lipinski definition) is 1. The predicted molar refractivity (Wildman–Crippen MR) is 115 cm³/mol. The van der Waals surface area contributed by atoms with Crippen molar-refractivity contribution in [1.29, 1.82) is 5.26 Å². The van der Waals surface area contributed by atoms with Crippen molar-refractivity contribution in [3.8, 4) is 17.5 Å². The van der Waals surface area contributed by atoms with E-state index in [1.807, 2.05) is 20.8 Å². The number of nitriles is 1. The molecule has 28 heavy (non-hydrogen) atoms. The molecule has 6 nitrogen and oxygen atoms in total. The molecule has 0 aliphatic heterocycles. The van der Waals surface area contributed by atoms with Gasteiger partial charge in [-0.15, -0.1) is 0 Å². The fraction of sp³-hybridized carbons (Fsp3) is 0.333. The lowest BCUT2D eigenvalue weighted by atomic mass is 9.85. The Balaban J connectivity index is 2.08. The van der Waals surface area contributed by atoms with E-state index in [-0.39, 0.29) is 29.5 Å². The molecule has 0 fully saturated rings. The highest BCUT2D eigenvalue weighted by molar-refractivity contribution is 14.2. The van der Waals surface area contributed by atoms with Crippen LogP contribution in [0.5, 0.6) is 0 Å². The Morgan fingerprint density at radius 1 is 1.32 bits per heavy atom. The maximum absolute atomic E-state index is 14.4. The van der Waals surface area contributed by atoms with Crippen molar-refractivity contribution >= 4 is 47.2 Å². The highest BCUT2D eigenvalue weighted by atomic mass is 127. The van der Waals surface area contributed by atoms with Crippen LogP contribution in [0.25, 0.3) is 22.4 Å². The Hall–Kier alpha value is -2.00. The minimum atomic E-state index is -0.618. The second kappa shape index (κ2) is 8.16. The zero-order valence-corrected chi connectivity index (χ0v) is 18.3. The van der Waals surface area contributed by atoms with Gasteiger partial charge >= 0.3 is 0 Å². The highest BCUT2D eigenvalue weighted by Gasteiger charge is 2.26. The molecule has 0 saturated heterocycles. The van der Waals surface area contributed by atoms with Crippen molar-refractivity contribution in [3.63, 3.8) is 0 Å². The molecule has 0 radical (unpaired) electrons. The number of pyridine rings is 1. The lowest BCUT2D eigenvalue weighted by Crippen LogP contribution is -2.34. The van der Waals surface area contributed by atoms with Crippen LogP contribution in [-0.4, -0.2) is 25.0 Å². The molecule has 0 aliphatic carbocycles. The van der Waals surface area contributed by atoms with Gasteiger partial charge in [-0.2, -0.15) is 5.26 Å². The van der Waals surface area contributed by atoms with Crippen LogP contribution in [0.4, 0.5) is 14.6 Å². The van der Waals surface area contributed by atoms with Crippen LogP contribution in [0.3, 0.4) is 0 Å². The fourth-order valence-electron chi connectivity index (χ4n) is 2.71. The van der Waals surface area contributed by atoms with E-state index in [0.717, 1.165) is 12.4 Å². The van der Waals surface area contributed by atoms with E-state index in [2.05, 4.69) is 47.5 Å². The Morgan fingerprint density at radius 3 is 2.71 bits per heavy atom. The monoisotopic (exact) mass is 514 g/mol. The molecule has 1 atom stereocenters. The molecule has 0 bridgehead atoms. The maximum Gasteiger partial charge on any atom is 0.183 e. The zero-order chi connectivity index (χ0) is 20.5. The van der Waals surface area contributed by atoms with E-state index in [1.165, 1.54) is 15.2 Å². The van der Waals surface area contributed by atoms with Gasteiger partial charge in [0.1, 0.15) is 5.82 Å². The molecule has 146 valence electrons. The molecule has 0 spiro atoms. The van der Waals surface area contributed by atoms with Crippen LogP contribution in [0.15, 0.2) is 24.7 Å². The third kappa shape index (κ3) is 4.20. The molecule has 10 heteroatoms. The molecule has 0 saturated carbocycles. The number of aromatic nitrogens is 4. The average molecular weight is 514 g/mol. The molecule has 1 unspecified atom stereocenters. The van der Waals surface area contributed by atoms with E-state index in [4.69, 9.17) is 5.26 Å². The first-order valence-corrected chi connectivity index (χ1v) is 11.7. The van der Waals surface area contributed by atoms with Crippen LogP contribution in [0.2, 0.25) is 0 Å². The summed E-state index contributed by atoms with van der Waals surface area (Å²) < 4.78 is 29.9. The van der Waals surface area contributed by atoms with Gasteiger partial charge in [0.25, 0.3) is 0 Å². The van der Waals surface area contributed by atoms with Gasteiger partial charge in [0.05, 0.1) is 24.9 Å². The molecule has 0 aromatic carbocycles. The van der Waals surface area contributed by atoms with Gasteiger partial charge < -0.3 is 5.32 Å². The second-order valence-electron chi connectivity index (χ2n) is 7.28. The van der Waals surface area contributed by atoms with E-state index >= 15 is 0 Å². The molecule has 1 N–H and O–H groups in total. The number of anilines is 1. The zero-order valence-electron chi connectivity index (χ0n) is 15.4. The third-order valence-electron chi connectivity index (χ3n) is 4.29. The smallest absolute Gasteiger partial charge is 0.183 e. The Bertz CT molecular complexity index is 1060. The summed E-state index contributed by atoms with van der Waals surface area (Å²) in [5, 5.41) is 12.6. The minimum absolute atomic E-state index is 0.00700. The molecular formula is C18H17F2IN6S. The summed E-state index contributed by atoms with van der Waals surface area (Å²) >= 11 is 2.09. The standard InChI is InChI=1S/C18H17F2IN6S/c1-18(2,3)14(4-5-22)25-16-13(20)8-23-15(26-16)12-9-27(28-21)17-11(12)6-10(19)7-24-17/h6-9,14H,4H2,1-3H3,(H,23,25,26). The second-order valence-corrected chi connectivity index (χ2v) is 8.99. The molecule has 3 rings (SSSR count). The summed E-state index contributed by atoms with van der Waals surface area (Å²) in [4.78, 5) is 12.5. The third-order valence-corrected chi connectivity index (χ3v) is 5.99. The summed E-state index contributed by atoms with van der Waals surface area (Å²) in [6.45, 7) is 5.88. The molecule has 3 aromatic heterocycles. The molecule has 3 heterocycles. The van der Waals surface area contributed by atoms with Gasteiger partial charge in [0.15, 0.2) is 23.1 Å². The van der Waals surface area contributed by atoms with E-state index < -0.39 is 11.6 Å². The van der Waals surface area contributed by atoms with Gasteiger partial charge in [-0.3, -0.25) is 3.97 Å². The number of fused-ring (bicyclic) bond motifs is 1. The Morgan fingerprint density at radius 2 is 2.07 bits per heavy atom. The SMILES string of the molecule is CC(C)(C)C(CC#N)Nc1nc(-c2cn(SI)c3ncc(F)cc23)ncc1F. The number of hydrogen-bond acceptors (Lipinski definition) is 6. The summed E-state index contributed by atoms with van der Waals surface area (Å²) in [6, 6.07) is 3.17. The lowest BCUT2D eigenvalue weighted by Gasteiger charge is -2.30. The predicted octanol–water partition coefficient (Wildman–Crippen LogP) is 5.36. The van der Waals surface area contributed by atoms with Gasteiger partial charge in [-0.25, -0.2) is 23.7 Å². The van der Waals surface area contributed by atoms with E-state index in [0.29, 0.717) is 16.6 Å². The minimum Gasteiger partial charge on any atom is -0.363 e. The quantitative estimate of drug-likeness (QED) is 0.462. The van der Waals surface area contributed by atoms with Crippen LogP contribution < -0.4 is 5.32 Å². The Kier molecular flexibility index (Phi) is 6.04. The summed E-state index contributed by atoms with van der Waals surface area (Å²) in [5.41, 5.74) is 0.825. The van der Waals surface area contributed by atoms with Crippen molar-refractivity contribution in [1.82, 2.24) is 18.9 Å². The van der Waals surface area contributed by atoms with Crippen molar-refractivity contribution in [2.75, 3.05) is 5.32 Å². The summed E-state index contributed by atoms with van der Waals surface area (Å²) in [7, 11) is 1.37. The first kappa shape index (κ1) is 20.7. The van der Waals surface area contributed by atoms with Crippen molar-refractivity contribution < 1.29 is 8.78 Å². The normalized spacial score (nSPS) is 12.8. The number of halogens is 3. The summed E-state index contributed by atoms with van der Waals surface area (Å²) in [5.74, 6) is -0.845. The lowest BCUT2D eigenvalue weighted by molar-refractivity contribution is 0.342. The molecular weight excluding hydrogens is 497 g/mol. The largest absolute Gasteiger partial charge is 0.363 e. The number of nitrogens with one attached hydrogen (secondary N) is 1. The van der Waals surface area contributed by atoms with Crippen LogP contribution >= 0.6 is 30.3 Å². The first-order chi connectivity index (χ1) is 13.2. The maximum atomic E-state index is 14.4. The van der Waals surface area contributed by atoms with Gasteiger partial charge in [-0.05, 0) is 11.5 Å². The van der Waals surface area contributed by atoms with Crippen LogP contribution in [0, 0.1) is 28.4 Å². The van der Waals surface area contributed by atoms with E-state index in [9.17, 15) is 8.78 Å². The van der Waals surface area contributed by atoms with Crippen LogP contribution in [0.1, 0.15) is 27.2 Å². The first-order valence-electron chi connectivity index (χ1n) is 8.36. The van der Waals surface area contributed by atoms with E-state index in [1.54, 1.807) is 10.2 Å². The highest BCUT2D eigenvalue weighted by Crippen LogP contribution is 2.33. The van der Waals surface area contributed by atoms with Gasteiger partial charge in [-0.1, -0.05) is 20.8 Å².